The van der Waals surface area contributed by atoms with E-state index >= 15 is 0 Å². The average molecular weight is 485 g/mol. The highest BCUT2D eigenvalue weighted by Gasteiger charge is 2.53. The fourth-order valence-corrected chi connectivity index (χ4v) is 4.67. The molecule has 0 spiro atoms. The Morgan fingerprint density at radius 1 is 1.15 bits per heavy atom. The number of carboxylic acid groups (broad SMARTS) is 1. The van der Waals surface area contributed by atoms with Crippen LogP contribution in [-0.2, 0) is 19.1 Å². The summed E-state index contributed by atoms with van der Waals surface area (Å²) in [5.74, 6) is -1.11. The molecule has 3 atom stereocenters. The third kappa shape index (κ3) is 9.08. The van der Waals surface area contributed by atoms with Gasteiger partial charge in [0.2, 0.25) is 5.91 Å². The standard InChI is InChI=1S/C26H48N2O6/c1-11-12-13-27-22(31)18(17(2)3)14-20-19(15-25(7,8)16-21(29)30)28(26(9,10)33-20)23(32)34-24(4,5)6/h17-20H,11-16H2,1-10H3,(H,27,31)(H,29,30)/t18?,19-,20-/m0/s1. The monoisotopic (exact) mass is 484 g/mol. The van der Waals surface area contributed by atoms with Crippen LogP contribution >= 0.6 is 0 Å². The van der Waals surface area contributed by atoms with Crippen LogP contribution in [0.2, 0.25) is 0 Å². The number of rotatable bonds is 11. The molecule has 0 aromatic carbocycles. The summed E-state index contributed by atoms with van der Waals surface area (Å²) in [5.41, 5.74) is -2.24. The highest BCUT2D eigenvalue weighted by atomic mass is 16.6. The maximum absolute atomic E-state index is 13.3. The molecule has 198 valence electrons. The zero-order chi connectivity index (χ0) is 26.5. The van der Waals surface area contributed by atoms with Crippen molar-refractivity contribution in [1.82, 2.24) is 10.2 Å². The summed E-state index contributed by atoms with van der Waals surface area (Å²) in [6.45, 7) is 19.6. The minimum atomic E-state index is -0.961. The normalized spacial score (nSPS) is 21.4. The quantitative estimate of drug-likeness (QED) is 0.391. The Hall–Kier alpha value is -1.83. The molecule has 8 nitrogen and oxygen atoms in total. The third-order valence-electron chi connectivity index (χ3n) is 6.22. The lowest BCUT2D eigenvalue weighted by Crippen LogP contribution is -2.51. The molecule has 0 bridgehead atoms. The van der Waals surface area contributed by atoms with E-state index in [1.54, 1.807) is 4.90 Å². The molecule has 1 aliphatic rings. The molecule has 0 aromatic rings. The number of carboxylic acids is 1. The number of carbonyl (C=O) groups is 3. The number of nitrogens with one attached hydrogen (secondary N) is 1. The highest BCUT2D eigenvalue weighted by molar-refractivity contribution is 5.79. The molecular weight excluding hydrogens is 436 g/mol. The summed E-state index contributed by atoms with van der Waals surface area (Å²) in [4.78, 5) is 39.4. The van der Waals surface area contributed by atoms with E-state index in [4.69, 9.17) is 9.47 Å². The zero-order valence-electron chi connectivity index (χ0n) is 23.0. The average Bonchev–Trinajstić information content (AvgIpc) is 2.85. The number of amides is 2. The summed E-state index contributed by atoms with van der Waals surface area (Å²) in [5, 5.41) is 12.5. The van der Waals surface area contributed by atoms with Crippen LogP contribution in [0.1, 0.15) is 101 Å². The van der Waals surface area contributed by atoms with Crippen molar-refractivity contribution in [3.05, 3.63) is 0 Å². The maximum atomic E-state index is 13.3. The largest absolute Gasteiger partial charge is 0.481 e. The number of carbonyl (C=O) groups excluding carboxylic acids is 2. The second kappa shape index (κ2) is 11.7. The van der Waals surface area contributed by atoms with Crippen LogP contribution in [0.15, 0.2) is 0 Å². The van der Waals surface area contributed by atoms with Gasteiger partial charge < -0.3 is 19.9 Å². The lowest BCUT2D eigenvalue weighted by Gasteiger charge is -2.38. The van der Waals surface area contributed by atoms with Crippen LogP contribution in [0.25, 0.3) is 0 Å². The minimum Gasteiger partial charge on any atom is -0.481 e. The third-order valence-corrected chi connectivity index (χ3v) is 6.22. The number of nitrogens with zero attached hydrogens (tertiary/aromatic N) is 1. The fourth-order valence-electron chi connectivity index (χ4n) is 4.67. The van der Waals surface area contributed by atoms with E-state index in [9.17, 15) is 19.5 Å². The molecule has 1 fully saturated rings. The van der Waals surface area contributed by atoms with Gasteiger partial charge in [0.15, 0.2) is 0 Å². The van der Waals surface area contributed by atoms with Gasteiger partial charge in [0, 0.05) is 12.5 Å². The summed E-state index contributed by atoms with van der Waals surface area (Å²) in [6.07, 6.45) is 1.80. The van der Waals surface area contributed by atoms with E-state index < -0.39 is 40.9 Å². The first kappa shape index (κ1) is 30.2. The number of ether oxygens (including phenoxy) is 2. The highest BCUT2D eigenvalue weighted by Crippen LogP contribution is 2.42. The molecule has 0 aromatic heterocycles. The van der Waals surface area contributed by atoms with Gasteiger partial charge in [-0.25, -0.2) is 4.79 Å². The van der Waals surface area contributed by atoms with Crippen LogP contribution < -0.4 is 5.32 Å². The molecule has 8 heteroatoms. The first-order valence-corrected chi connectivity index (χ1v) is 12.6. The smallest absolute Gasteiger partial charge is 0.412 e. The Morgan fingerprint density at radius 2 is 1.74 bits per heavy atom. The molecule has 0 radical (unpaired) electrons. The first-order chi connectivity index (χ1) is 15.4. The fraction of sp³-hybridized carbons (Fsp3) is 0.885. The molecule has 1 aliphatic heterocycles. The van der Waals surface area contributed by atoms with E-state index in [0.717, 1.165) is 12.8 Å². The van der Waals surface area contributed by atoms with Gasteiger partial charge in [0.05, 0.1) is 18.6 Å². The summed E-state index contributed by atoms with van der Waals surface area (Å²) >= 11 is 0. The van der Waals surface area contributed by atoms with Crippen molar-refractivity contribution in [2.24, 2.45) is 17.3 Å². The Morgan fingerprint density at radius 3 is 2.21 bits per heavy atom. The van der Waals surface area contributed by atoms with Gasteiger partial charge in [-0.1, -0.05) is 41.0 Å². The lowest BCUT2D eigenvalue weighted by molar-refractivity contribution is -0.139. The van der Waals surface area contributed by atoms with Gasteiger partial charge in [-0.3, -0.25) is 14.5 Å². The van der Waals surface area contributed by atoms with Crippen LogP contribution in [0.4, 0.5) is 4.79 Å². The van der Waals surface area contributed by atoms with Crippen LogP contribution in [0.3, 0.4) is 0 Å². The maximum Gasteiger partial charge on any atom is 0.412 e. The number of hydrogen-bond acceptors (Lipinski definition) is 5. The van der Waals surface area contributed by atoms with Crippen LogP contribution in [0, 0.1) is 17.3 Å². The van der Waals surface area contributed by atoms with Crippen molar-refractivity contribution in [1.29, 1.82) is 0 Å². The molecule has 0 aliphatic carbocycles. The van der Waals surface area contributed by atoms with Crippen molar-refractivity contribution >= 4 is 18.0 Å². The summed E-state index contributed by atoms with van der Waals surface area (Å²) < 4.78 is 12.1. The zero-order valence-corrected chi connectivity index (χ0v) is 23.0. The van der Waals surface area contributed by atoms with E-state index in [1.165, 1.54) is 0 Å². The van der Waals surface area contributed by atoms with Gasteiger partial charge >= 0.3 is 12.1 Å². The van der Waals surface area contributed by atoms with Gasteiger partial charge in [-0.15, -0.1) is 0 Å². The van der Waals surface area contributed by atoms with Crippen LogP contribution in [-0.4, -0.2) is 58.0 Å². The number of hydrogen-bond donors (Lipinski definition) is 2. The molecular formula is C26H48N2O6. The van der Waals surface area contributed by atoms with Gasteiger partial charge in [-0.05, 0) is 65.2 Å². The van der Waals surface area contributed by atoms with Gasteiger partial charge in [-0.2, -0.15) is 0 Å². The molecule has 2 amide bonds. The lowest BCUT2D eigenvalue weighted by atomic mass is 9.78. The van der Waals surface area contributed by atoms with Crippen molar-refractivity contribution in [2.75, 3.05) is 6.54 Å². The van der Waals surface area contributed by atoms with Gasteiger partial charge in [0.1, 0.15) is 11.3 Å². The molecule has 1 unspecified atom stereocenters. The SMILES string of the molecule is CCCCNC(=O)C(C[C@@H]1OC(C)(C)N(C(=O)OC(C)(C)C)[C@H]1CC(C)(C)CC(=O)O)C(C)C. The number of aliphatic carboxylic acids is 1. The van der Waals surface area contributed by atoms with Crippen molar-refractivity contribution < 1.29 is 29.0 Å². The topological polar surface area (TPSA) is 105 Å². The molecule has 1 heterocycles. The van der Waals surface area contributed by atoms with E-state index in [0.29, 0.717) is 19.4 Å². The van der Waals surface area contributed by atoms with E-state index in [1.807, 2.05) is 62.3 Å². The predicted octanol–water partition coefficient (Wildman–Crippen LogP) is 5.20. The van der Waals surface area contributed by atoms with Crippen LogP contribution in [0.5, 0.6) is 0 Å². The molecule has 34 heavy (non-hydrogen) atoms. The minimum absolute atomic E-state index is 0.0101. The predicted molar refractivity (Wildman–Crippen MR) is 132 cm³/mol. The first-order valence-electron chi connectivity index (χ1n) is 12.6. The summed E-state index contributed by atoms with van der Waals surface area (Å²) in [6, 6.07) is -0.427. The molecule has 1 rings (SSSR count). The Balaban J connectivity index is 3.30. The molecule has 0 saturated carbocycles. The van der Waals surface area contributed by atoms with Crippen molar-refractivity contribution in [3.63, 3.8) is 0 Å². The second-order valence-electron chi connectivity index (χ2n) is 12.2. The molecule has 2 N–H and O–H groups in total. The Kier molecular flexibility index (Phi) is 10.4. The van der Waals surface area contributed by atoms with E-state index in [2.05, 4.69) is 12.2 Å². The van der Waals surface area contributed by atoms with Gasteiger partial charge in [0.25, 0.3) is 0 Å². The second-order valence-corrected chi connectivity index (χ2v) is 12.2. The number of unbranched alkanes of at least 4 members (excludes halogenated alkanes) is 1. The Bertz CT molecular complexity index is 711. The Labute approximate surface area is 206 Å². The van der Waals surface area contributed by atoms with Crippen molar-refractivity contribution in [3.8, 4) is 0 Å². The summed E-state index contributed by atoms with van der Waals surface area (Å²) in [7, 11) is 0. The van der Waals surface area contributed by atoms with Crippen molar-refractivity contribution in [2.45, 2.75) is 125 Å². The molecule has 1 saturated heterocycles. The van der Waals surface area contributed by atoms with E-state index in [-0.39, 0.29) is 24.2 Å².